The predicted molar refractivity (Wildman–Crippen MR) is 116 cm³/mol. The first-order valence-corrected chi connectivity index (χ1v) is 11.9. The van der Waals surface area contributed by atoms with Crippen molar-refractivity contribution in [1.82, 2.24) is 4.90 Å². The Morgan fingerprint density at radius 1 is 1.14 bits per heavy atom. The molecular formula is C22H24N2O3S2. The van der Waals surface area contributed by atoms with Gasteiger partial charge in [-0.25, -0.2) is 0 Å². The van der Waals surface area contributed by atoms with Crippen LogP contribution in [0.15, 0.2) is 40.3 Å². The summed E-state index contributed by atoms with van der Waals surface area (Å²) in [6.07, 6.45) is 6.16. The fraction of sp³-hybridized carbons (Fsp3) is 0.409. The van der Waals surface area contributed by atoms with Crippen LogP contribution in [0.25, 0.3) is 0 Å². The average Bonchev–Trinajstić information content (AvgIpc) is 3.52. The lowest BCUT2D eigenvalue weighted by atomic mass is 9.91. The van der Waals surface area contributed by atoms with Gasteiger partial charge in [-0.1, -0.05) is 6.07 Å². The Morgan fingerprint density at radius 2 is 2.00 bits per heavy atom. The van der Waals surface area contributed by atoms with Crippen molar-refractivity contribution in [1.29, 1.82) is 0 Å². The van der Waals surface area contributed by atoms with E-state index in [0.29, 0.717) is 5.76 Å². The number of nitrogens with zero attached hydrogens (tertiary/aromatic N) is 1. The van der Waals surface area contributed by atoms with E-state index in [0.717, 1.165) is 44.1 Å². The predicted octanol–water partition coefficient (Wildman–Crippen LogP) is 4.96. The molecule has 0 bridgehead atoms. The maximum Gasteiger partial charge on any atom is 0.291 e. The number of thiophene rings is 2. The second kappa shape index (κ2) is 8.44. The number of furan rings is 1. The van der Waals surface area contributed by atoms with E-state index in [4.69, 9.17) is 9.15 Å². The molecule has 3 aromatic rings. The van der Waals surface area contributed by atoms with Crippen molar-refractivity contribution in [2.24, 2.45) is 0 Å². The molecule has 1 amide bonds. The molecule has 0 aromatic carbocycles. The summed E-state index contributed by atoms with van der Waals surface area (Å²) in [7, 11) is 0. The van der Waals surface area contributed by atoms with Crippen molar-refractivity contribution >= 4 is 33.6 Å². The van der Waals surface area contributed by atoms with E-state index >= 15 is 0 Å². The monoisotopic (exact) mass is 428 g/mol. The van der Waals surface area contributed by atoms with E-state index < -0.39 is 0 Å². The van der Waals surface area contributed by atoms with Gasteiger partial charge in [-0.3, -0.25) is 9.69 Å². The minimum atomic E-state index is -0.179. The number of anilines is 1. The van der Waals surface area contributed by atoms with Gasteiger partial charge in [0.1, 0.15) is 5.00 Å². The smallest absolute Gasteiger partial charge is 0.291 e. The number of aryl methyl sites for hydroxylation is 1. The lowest BCUT2D eigenvalue weighted by Gasteiger charge is -2.35. The minimum Gasteiger partial charge on any atom is -0.459 e. The lowest BCUT2D eigenvalue weighted by Crippen LogP contribution is -2.39. The summed E-state index contributed by atoms with van der Waals surface area (Å²) in [6.45, 7) is 3.31. The minimum absolute atomic E-state index is 0.156. The van der Waals surface area contributed by atoms with Crippen LogP contribution in [0.2, 0.25) is 0 Å². The molecule has 1 aliphatic heterocycles. The third-order valence-corrected chi connectivity index (χ3v) is 7.83. The molecule has 2 aliphatic rings. The van der Waals surface area contributed by atoms with Crippen molar-refractivity contribution in [3.63, 3.8) is 0 Å². The zero-order valence-corrected chi connectivity index (χ0v) is 17.8. The number of hydrogen-bond donors (Lipinski definition) is 1. The van der Waals surface area contributed by atoms with Gasteiger partial charge in [0.05, 0.1) is 25.5 Å². The molecule has 0 spiro atoms. The summed E-state index contributed by atoms with van der Waals surface area (Å²) >= 11 is 3.54. The maximum atomic E-state index is 12.8. The molecular weight excluding hydrogens is 404 g/mol. The number of amides is 1. The van der Waals surface area contributed by atoms with Crippen molar-refractivity contribution in [3.05, 3.63) is 62.6 Å². The zero-order valence-electron chi connectivity index (χ0n) is 16.2. The first-order valence-electron chi connectivity index (χ1n) is 10.2. The van der Waals surface area contributed by atoms with Crippen LogP contribution in [0.3, 0.4) is 0 Å². The number of carbonyl (C=O) groups excluding carboxylic acids is 1. The van der Waals surface area contributed by atoms with Gasteiger partial charge in [-0.2, -0.15) is 0 Å². The fourth-order valence-electron chi connectivity index (χ4n) is 4.33. The molecule has 1 saturated heterocycles. The largest absolute Gasteiger partial charge is 0.459 e. The Labute approximate surface area is 178 Å². The Hall–Kier alpha value is -1.93. The third kappa shape index (κ3) is 3.80. The van der Waals surface area contributed by atoms with Gasteiger partial charge in [0.25, 0.3) is 5.91 Å². The van der Waals surface area contributed by atoms with E-state index in [9.17, 15) is 4.79 Å². The molecule has 7 heteroatoms. The van der Waals surface area contributed by atoms with Crippen molar-refractivity contribution in [2.75, 3.05) is 31.6 Å². The number of hydrogen-bond acceptors (Lipinski definition) is 6. The topological polar surface area (TPSA) is 54.7 Å². The highest BCUT2D eigenvalue weighted by Gasteiger charge is 2.33. The van der Waals surface area contributed by atoms with Crippen LogP contribution in [-0.2, 0) is 17.6 Å². The second-order valence-electron chi connectivity index (χ2n) is 7.45. The van der Waals surface area contributed by atoms with Crippen molar-refractivity contribution < 1.29 is 13.9 Å². The van der Waals surface area contributed by atoms with Crippen LogP contribution in [0.4, 0.5) is 5.00 Å². The Bertz CT molecular complexity index is 957. The van der Waals surface area contributed by atoms with Gasteiger partial charge in [0.15, 0.2) is 5.76 Å². The molecule has 3 aromatic heterocycles. The SMILES string of the molecule is O=C(Nc1sc2c(c1[C@H](c1cccs1)N1CCOCC1)CCCC2)c1ccco1. The summed E-state index contributed by atoms with van der Waals surface area (Å²) in [4.78, 5) is 18.1. The molecule has 29 heavy (non-hydrogen) atoms. The molecule has 1 fully saturated rings. The molecule has 1 aliphatic carbocycles. The Kier molecular flexibility index (Phi) is 5.54. The van der Waals surface area contributed by atoms with Crippen LogP contribution >= 0.6 is 22.7 Å². The van der Waals surface area contributed by atoms with Gasteiger partial charge < -0.3 is 14.5 Å². The van der Waals surface area contributed by atoms with Gasteiger partial charge >= 0.3 is 0 Å². The molecule has 1 atom stereocenters. The number of fused-ring (bicyclic) bond motifs is 1. The van der Waals surface area contributed by atoms with E-state index in [1.807, 2.05) is 0 Å². The first-order chi connectivity index (χ1) is 14.3. The standard InChI is InChI=1S/C22H24N2O3S2/c25-21(16-6-3-11-27-16)23-22-19(15-5-1-2-7-17(15)29-22)20(18-8-4-14-28-18)24-9-12-26-13-10-24/h3-4,6,8,11,14,20H,1-2,5,7,9-10,12-13H2,(H,23,25)/t20-/m0/s1. The highest BCUT2D eigenvalue weighted by atomic mass is 32.1. The molecule has 0 saturated carbocycles. The molecule has 5 nitrogen and oxygen atoms in total. The first kappa shape index (κ1) is 19.1. The number of morpholine rings is 1. The van der Waals surface area contributed by atoms with E-state index in [-0.39, 0.29) is 11.9 Å². The number of nitrogens with one attached hydrogen (secondary N) is 1. The third-order valence-electron chi connectivity index (χ3n) is 5.68. The summed E-state index contributed by atoms with van der Waals surface area (Å²) in [5, 5.41) is 6.30. The summed E-state index contributed by atoms with van der Waals surface area (Å²) < 4.78 is 10.9. The van der Waals surface area contributed by atoms with Crippen LogP contribution in [0.1, 0.15) is 50.3 Å². The van der Waals surface area contributed by atoms with E-state index in [1.54, 1.807) is 34.8 Å². The van der Waals surface area contributed by atoms with Gasteiger partial charge in [0.2, 0.25) is 0 Å². The van der Waals surface area contributed by atoms with Gasteiger partial charge in [0, 0.05) is 28.4 Å². The fourth-order valence-corrected chi connectivity index (χ4v) is 6.52. The maximum absolute atomic E-state index is 12.8. The number of rotatable bonds is 5. The molecule has 4 heterocycles. The van der Waals surface area contributed by atoms with Crippen LogP contribution in [0, 0.1) is 0 Å². The second-order valence-corrected chi connectivity index (χ2v) is 9.54. The summed E-state index contributed by atoms with van der Waals surface area (Å²) in [5.74, 6) is 0.170. The Balaban J connectivity index is 1.58. The van der Waals surface area contributed by atoms with Crippen LogP contribution in [0.5, 0.6) is 0 Å². The molecule has 0 unspecified atom stereocenters. The van der Waals surface area contributed by atoms with Crippen molar-refractivity contribution in [3.8, 4) is 0 Å². The average molecular weight is 429 g/mol. The van der Waals surface area contributed by atoms with Crippen LogP contribution in [-0.4, -0.2) is 37.1 Å². The molecule has 5 rings (SSSR count). The van der Waals surface area contributed by atoms with Crippen molar-refractivity contribution in [2.45, 2.75) is 31.7 Å². The highest BCUT2D eigenvalue weighted by molar-refractivity contribution is 7.16. The van der Waals surface area contributed by atoms with Crippen LogP contribution < -0.4 is 5.32 Å². The molecule has 0 radical (unpaired) electrons. The number of carbonyl (C=O) groups is 1. The normalized spacial score (nSPS) is 18.3. The molecule has 1 N–H and O–H groups in total. The van der Waals surface area contributed by atoms with E-state index in [2.05, 4.69) is 27.7 Å². The Morgan fingerprint density at radius 3 is 2.76 bits per heavy atom. The lowest BCUT2D eigenvalue weighted by molar-refractivity contribution is 0.0245. The summed E-state index contributed by atoms with van der Waals surface area (Å²) in [6, 6.07) is 7.95. The van der Waals surface area contributed by atoms with Gasteiger partial charge in [-0.05, 0) is 54.8 Å². The highest BCUT2D eigenvalue weighted by Crippen LogP contribution is 2.46. The van der Waals surface area contributed by atoms with Gasteiger partial charge in [-0.15, -0.1) is 22.7 Å². The summed E-state index contributed by atoms with van der Waals surface area (Å²) in [5.41, 5.74) is 2.73. The number of ether oxygens (including phenoxy) is 1. The van der Waals surface area contributed by atoms with E-state index in [1.165, 1.54) is 40.0 Å². The quantitative estimate of drug-likeness (QED) is 0.624. The molecule has 152 valence electrons. The zero-order chi connectivity index (χ0) is 19.6.